The van der Waals surface area contributed by atoms with Crippen molar-refractivity contribution in [3.8, 4) is 5.75 Å². The molecule has 5 heteroatoms. The second-order valence-corrected chi connectivity index (χ2v) is 4.72. The minimum Gasteiger partial charge on any atom is -0.496 e. The number of methoxy groups -OCH3 is 1. The van der Waals surface area contributed by atoms with E-state index in [0.29, 0.717) is 27.2 Å². The van der Waals surface area contributed by atoms with Gasteiger partial charge in [0.15, 0.2) is 0 Å². The Bertz CT molecular complexity index is 625. The molecule has 0 spiro atoms. The minimum atomic E-state index is -0.436. The lowest BCUT2D eigenvalue weighted by molar-refractivity contribution is 0.0374. The number of rotatable bonds is 3. The van der Waals surface area contributed by atoms with E-state index in [-0.39, 0.29) is 6.10 Å². The summed E-state index contributed by atoms with van der Waals surface area (Å²) in [6.07, 6.45) is 1.41. The van der Waals surface area contributed by atoms with Crippen LogP contribution >= 0.6 is 11.6 Å². The SMILES string of the molecule is COc1cc2nccc(Cl)c2cc1C(=O)OC(C)C. The Morgan fingerprint density at radius 1 is 1.37 bits per heavy atom. The molecule has 19 heavy (non-hydrogen) atoms. The lowest BCUT2D eigenvalue weighted by Gasteiger charge is -2.12. The van der Waals surface area contributed by atoms with E-state index in [2.05, 4.69) is 4.98 Å². The molecule has 0 amide bonds. The van der Waals surface area contributed by atoms with Crippen LogP contribution in [0.2, 0.25) is 5.02 Å². The van der Waals surface area contributed by atoms with E-state index in [4.69, 9.17) is 21.1 Å². The molecule has 1 aromatic carbocycles. The standard InChI is InChI=1S/C14H14ClNO3/c1-8(2)19-14(17)10-6-9-11(15)4-5-16-12(9)7-13(10)18-3/h4-8H,1-3H3. The third kappa shape index (κ3) is 2.79. The highest BCUT2D eigenvalue weighted by Crippen LogP contribution is 2.29. The molecule has 0 saturated heterocycles. The molecule has 1 aromatic heterocycles. The number of pyridine rings is 1. The summed E-state index contributed by atoms with van der Waals surface area (Å²) in [5.41, 5.74) is 1.02. The second-order valence-electron chi connectivity index (χ2n) is 4.32. The summed E-state index contributed by atoms with van der Waals surface area (Å²) in [5.74, 6) is -0.0124. The zero-order chi connectivity index (χ0) is 14.0. The van der Waals surface area contributed by atoms with Crippen LogP contribution < -0.4 is 4.74 Å². The third-order valence-corrected chi connectivity index (χ3v) is 2.90. The fraction of sp³-hybridized carbons (Fsp3) is 0.286. The predicted molar refractivity (Wildman–Crippen MR) is 73.9 cm³/mol. The molecule has 2 rings (SSSR count). The molecule has 0 saturated carbocycles. The van der Waals surface area contributed by atoms with Gasteiger partial charge < -0.3 is 9.47 Å². The second kappa shape index (κ2) is 5.45. The first-order valence-corrected chi connectivity index (χ1v) is 6.24. The van der Waals surface area contributed by atoms with Gasteiger partial charge in [-0.2, -0.15) is 0 Å². The van der Waals surface area contributed by atoms with E-state index in [1.807, 2.05) is 0 Å². The van der Waals surface area contributed by atoms with E-state index in [1.165, 1.54) is 7.11 Å². The van der Waals surface area contributed by atoms with Crippen LogP contribution in [-0.4, -0.2) is 24.2 Å². The number of carbonyl (C=O) groups excluding carboxylic acids is 1. The van der Waals surface area contributed by atoms with Crippen LogP contribution in [0.3, 0.4) is 0 Å². The Labute approximate surface area is 116 Å². The van der Waals surface area contributed by atoms with Crippen molar-refractivity contribution in [1.29, 1.82) is 0 Å². The molecule has 0 aliphatic carbocycles. The van der Waals surface area contributed by atoms with Crippen molar-refractivity contribution in [2.45, 2.75) is 20.0 Å². The summed E-state index contributed by atoms with van der Waals surface area (Å²) in [5, 5.41) is 1.23. The molecule has 2 aromatic rings. The maximum absolute atomic E-state index is 12.0. The summed E-state index contributed by atoms with van der Waals surface area (Å²) in [6, 6.07) is 5.00. The molecule has 100 valence electrons. The first kappa shape index (κ1) is 13.6. The number of esters is 1. The number of ether oxygens (including phenoxy) is 2. The number of benzene rings is 1. The number of halogens is 1. The molecule has 0 atom stereocenters. The quantitative estimate of drug-likeness (QED) is 0.807. The number of carbonyl (C=O) groups is 1. The van der Waals surface area contributed by atoms with Gasteiger partial charge in [-0.05, 0) is 26.0 Å². The number of aromatic nitrogens is 1. The zero-order valence-electron chi connectivity index (χ0n) is 10.9. The van der Waals surface area contributed by atoms with Gasteiger partial charge in [0.05, 0.1) is 23.8 Å². The number of hydrogen-bond acceptors (Lipinski definition) is 4. The molecule has 0 aliphatic rings. The average Bonchev–Trinajstić information content (AvgIpc) is 2.37. The molecule has 0 N–H and O–H groups in total. The van der Waals surface area contributed by atoms with Gasteiger partial charge in [-0.15, -0.1) is 0 Å². The summed E-state index contributed by atoms with van der Waals surface area (Å²) >= 11 is 6.10. The molecular formula is C14H14ClNO3. The maximum atomic E-state index is 12.0. The topological polar surface area (TPSA) is 48.4 Å². The fourth-order valence-corrected chi connectivity index (χ4v) is 1.95. The van der Waals surface area contributed by atoms with Crippen LogP contribution in [0.25, 0.3) is 10.9 Å². The van der Waals surface area contributed by atoms with Gasteiger partial charge in [-0.1, -0.05) is 11.6 Å². The smallest absolute Gasteiger partial charge is 0.342 e. The Kier molecular flexibility index (Phi) is 3.90. The average molecular weight is 280 g/mol. The fourth-order valence-electron chi connectivity index (χ4n) is 1.75. The van der Waals surface area contributed by atoms with Crippen molar-refractivity contribution in [3.05, 3.63) is 35.0 Å². The van der Waals surface area contributed by atoms with Crippen molar-refractivity contribution >= 4 is 28.5 Å². The predicted octanol–water partition coefficient (Wildman–Crippen LogP) is 3.46. The number of hydrogen-bond donors (Lipinski definition) is 0. The molecule has 0 radical (unpaired) electrons. The van der Waals surface area contributed by atoms with Crippen LogP contribution in [0.15, 0.2) is 24.4 Å². The van der Waals surface area contributed by atoms with Crippen molar-refractivity contribution in [3.63, 3.8) is 0 Å². The zero-order valence-corrected chi connectivity index (χ0v) is 11.7. The number of nitrogens with zero attached hydrogens (tertiary/aromatic N) is 1. The highest BCUT2D eigenvalue weighted by atomic mass is 35.5. The summed E-state index contributed by atoms with van der Waals surface area (Å²) < 4.78 is 10.4. The molecule has 0 aliphatic heterocycles. The first-order valence-electron chi connectivity index (χ1n) is 5.86. The van der Waals surface area contributed by atoms with Crippen molar-refractivity contribution in [2.24, 2.45) is 0 Å². The highest BCUT2D eigenvalue weighted by Gasteiger charge is 2.17. The van der Waals surface area contributed by atoms with Crippen molar-refractivity contribution < 1.29 is 14.3 Å². The molecule has 1 heterocycles. The van der Waals surface area contributed by atoms with Gasteiger partial charge >= 0.3 is 5.97 Å². The summed E-state index contributed by atoms with van der Waals surface area (Å²) in [4.78, 5) is 16.2. The van der Waals surface area contributed by atoms with Gasteiger partial charge in [-0.3, -0.25) is 4.98 Å². The van der Waals surface area contributed by atoms with Gasteiger partial charge in [0.25, 0.3) is 0 Å². The van der Waals surface area contributed by atoms with Crippen LogP contribution in [0.4, 0.5) is 0 Å². The lowest BCUT2D eigenvalue weighted by Crippen LogP contribution is -2.12. The van der Waals surface area contributed by atoms with Gasteiger partial charge in [-0.25, -0.2) is 4.79 Å². The minimum absolute atomic E-state index is 0.197. The van der Waals surface area contributed by atoms with Crippen LogP contribution in [-0.2, 0) is 4.74 Å². The van der Waals surface area contributed by atoms with E-state index >= 15 is 0 Å². The van der Waals surface area contributed by atoms with E-state index in [9.17, 15) is 4.79 Å². The molecule has 0 unspecified atom stereocenters. The number of fused-ring (bicyclic) bond motifs is 1. The third-order valence-electron chi connectivity index (χ3n) is 2.57. The Morgan fingerprint density at radius 3 is 2.74 bits per heavy atom. The van der Waals surface area contributed by atoms with Crippen LogP contribution in [0.1, 0.15) is 24.2 Å². The van der Waals surface area contributed by atoms with E-state index in [1.54, 1.807) is 38.2 Å². The monoisotopic (exact) mass is 279 g/mol. The van der Waals surface area contributed by atoms with E-state index in [0.717, 1.165) is 0 Å². The van der Waals surface area contributed by atoms with E-state index < -0.39 is 5.97 Å². The normalized spacial score (nSPS) is 10.8. The Hall–Kier alpha value is -1.81. The van der Waals surface area contributed by atoms with Crippen LogP contribution in [0, 0.1) is 0 Å². The van der Waals surface area contributed by atoms with Crippen molar-refractivity contribution in [2.75, 3.05) is 7.11 Å². The Balaban J connectivity index is 2.58. The maximum Gasteiger partial charge on any atom is 0.342 e. The molecular weight excluding hydrogens is 266 g/mol. The molecule has 0 fully saturated rings. The molecule has 4 nitrogen and oxygen atoms in total. The molecule has 0 bridgehead atoms. The highest BCUT2D eigenvalue weighted by molar-refractivity contribution is 6.35. The Morgan fingerprint density at radius 2 is 2.11 bits per heavy atom. The van der Waals surface area contributed by atoms with Crippen LogP contribution in [0.5, 0.6) is 5.75 Å². The summed E-state index contributed by atoms with van der Waals surface area (Å²) in [7, 11) is 1.50. The largest absolute Gasteiger partial charge is 0.496 e. The van der Waals surface area contributed by atoms with Gasteiger partial charge in [0.2, 0.25) is 0 Å². The summed E-state index contributed by atoms with van der Waals surface area (Å²) in [6.45, 7) is 3.58. The van der Waals surface area contributed by atoms with Gasteiger partial charge in [0.1, 0.15) is 11.3 Å². The first-order chi connectivity index (χ1) is 9.02. The van der Waals surface area contributed by atoms with Crippen molar-refractivity contribution in [1.82, 2.24) is 4.98 Å². The van der Waals surface area contributed by atoms with Gasteiger partial charge in [0, 0.05) is 17.6 Å². The lowest BCUT2D eigenvalue weighted by atomic mass is 10.1.